The maximum Gasteiger partial charge on any atom is 0.251 e. The number of carbonyl (C=O) groups is 1. The minimum absolute atomic E-state index is 0.0423. The highest BCUT2D eigenvalue weighted by Crippen LogP contribution is 2.25. The molecule has 2 aliphatic rings. The molecule has 0 radical (unpaired) electrons. The molecule has 0 aromatic rings. The van der Waals surface area contributed by atoms with E-state index < -0.39 is 15.9 Å². The average Bonchev–Trinajstić information content (AvgIpc) is 3.05. The highest BCUT2D eigenvalue weighted by molar-refractivity contribution is 7.91. The molecule has 0 aromatic carbocycles. The Morgan fingerprint density at radius 2 is 2.10 bits per heavy atom. The molecule has 1 unspecified atom stereocenters. The summed E-state index contributed by atoms with van der Waals surface area (Å²) in [6, 6.07) is -0.186. The van der Waals surface area contributed by atoms with E-state index in [1.807, 2.05) is 0 Å². The average molecular weight is 318 g/mol. The second kappa shape index (κ2) is 7.07. The zero-order valence-electron chi connectivity index (χ0n) is 12.7. The summed E-state index contributed by atoms with van der Waals surface area (Å²) in [7, 11) is -2.99. The van der Waals surface area contributed by atoms with Crippen LogP contribution in [0.25, 0.3) is 0 Å². The molecule has 21 heavy (non-hydrogen) atoms. The lowest BCUT2D eigenvalue weighted by molar-refractivity contribution is -0.144. The number of nitrogens with two attached hydrogens (primary N) is 1. The van der Waals surface area contributed by atoms with Crippen molar-refractivity contribution in [2.24, 2.45) is 5.73 Å². The number of hydrogen-bond donors (Lipinski definition) is 1. The number of carbonyl (C=O) groups excluding carboxylic acids is 1. The van der Waals surface area contributed by atoms with Gasteiger partial charge >= 0.3 is 0 Å². The third-order valence-corrected chi connectivity index (χ3v) is 6.08. The van der Waals surface area contributed by atoms with Gasteiger partial charge in [-0.2, -0.15) is 0 Å². The molecule has 2 heterocycles. The molecule has 3 atom stereocenters. The molecule has 0 aliphatic carbocycles. The van der Waals surface area contributed by atoms with Crippen LogP contribution in [-0.4, -0.2) is 62.1 Å². The van der Waals surface area contributed by atoms with Gasteiger partial charge in [0.1, 0.15) is 6.10 Å². The molecule has 2 N–H and O–H groups in total. The summed E-state index contributed by atoms with van der Waals surface area (Å²) in [5, 5.41) is 0. The largest absolute Gasteiger partial charge is 0.364 e. The highest BCUT2D eigenvalue weighted by atomic mass is 32.2. The summed E-state index contributed by atoms with van der Waals surface area (Å²) in [4.78, 5) is 14.4. The standard InChI is InChI=1S/C14H26N2O4S/c1-2-3-7-16(11-6-8-21(18,19)10-11)14(17)13-5-4-12(9-15)20-13/h11-13H,2-10,15H2,1H3/t11?,12-,13+/m1/s1. The minimum Gasteiger partial charge on any atom is -0.364 e. The van der Waals surface area contributed by atoms with Crippen LogP contribution in [0.15, 0.2) is 0 Å². The van der Waals surface area contributed by atoms with Gasteiger partial charge in [-0.15, -0.1) is 0 Å². The number of unbranched alkanes of at least 4 members (excludes halogenated alkanes) is 1. The van der Waals surface area contributed by atoms with Crippen LogP contribution in [0.2, 0.25) is 0 Å². The molecule has 2 saturated heterocycles. The molecule has 7 heteroatoms. The molecule has 0 saturated carbocycles. The van der Waals surface area contributed by atoms with Crippen molar-refractivity contribution in [2.75, 3.05) is 24.6 Å². The summed E-state index contributed by atoms with van der Waals surface area (Å²) < 4.78 is 29.0. The molecular formula is C14H26N2O4S. The van der Waals surface area contributed by atoms with Gasteiger partial charge in [-0.1, -0.05) is 13.3 Å². The first kappa shape index (κ1) is 16.7. The Hall–Kier alpha value is -0.660. The van der Waals surface area contributed by atoms with Crippen LogP contribution in [0.5, 0.6) is 0 Å². The number of hydrogen-bond acceptors (Lipinski definition) is 5. The monoisotopic (exact) mass is 318 g/mol. The van der Waals surface area contributed by atoms with Crippen molar-refractivity contribution in [1.29, 1.82) is 0 Å². The second-order valence-corrected chi connectivity index (χ2v) is 8.23. The van der Waals surface area contributed by atoms with Gasteiger partial charge in [-0.25, -0.2) is 8.42 Å². The van der Waals surface area contributed by atoms with Gasteiger partial charge in [-0.3, -0.25) is 4.79 Å². The molecule has 0 bridgehead atoms. The maximum atomic E-state index is 12.7. The van der Waals surface area contributed by atoms with Crippen molar-refractivity contribution in [2.45, 2.75) is 57.3 Å². The lowest BCUT2D eigenvalue weighted by atomic mass is 10.1. The van der Waals surface area contributed by atoms with Crippen molar-refractivity contribution in [3.8, 4) is 0 Å². The molecule has 2 aliphatic heterocycles. The van der Waals surface area contributed by atoms with Crippen molar-refractivity contribution >= 4 is 15.7 Å². The van der Waals surface area contributed by atoms with Crippen molar-refractivity contribution in [1.82, 2.24) is 4.90 Å². The van der Waals surface area contributed by atoms with E-state index in [-0.39, 0.29) is 29.6 Å². The van der Waals surface area contributed by atoms with Crippen LogP contribution >= 0.6 is 0 Å². The first-order valence-electron chi connectivity index (χ1n) is 7.83. The number of nitrogens with zero attached hydrogens (tertiary/aromatic N) is 1. The number of amides is 1. The second-order valence-electron chi connectivity index (χ2n) is 6.00. The van der Waals surface area contributed by atoms with Crippen LogP contribution in [-0.2, 0) is 19.4 Å². The Bertz CT molecular complexity index is 466. The predicted octanol–water partition coefficient (Wildman–Crippen LogP) is 0.309. The quantitative estimate of drug-likeness (QED) is 0.761. The first-order valence-corrected chi connectivity index (χ1v) is 9.65. The Kier molecular flexibility index (Phi) is 5.62. The van der Waals surface area contributed by atoms with Crippen LogP contribution in [0.4, 0.5) is 0 Å². The summed E-state index contributed by atoms with van der Waals surface area (Å²) in [6.45, 7) is 3.10. The Balaban J connectivity index is 2.03. The van der Waals surface area contributed by atoms with Gasteiger partial charge in [0.2, 0.25) is 0 Å². The molecule has 0 spiro atoms. The maximum absolute atomic E-state index is 12.7. The zero-order chi connectivity index (χ0) is 15.5. The number of sulfone groups is 1. The normalized spacial score (nSPS) is 31.4. The fraction of sp³-hybridized carbons (Fsp3) is 0.929. The van der Waals surface area contributed by atoms with E-state index in [1.165, 1.54) is 0 Å². The van der Waals surface area contributed by atoms with Gasteiger partial charge in [0.05, 0.1) is 17.6 Å². The molecule has 2 rings (SSSR count). The fourth-order valence-corrected chi connectivity index (χ4v) is 4.80. The van der Waals surface area contributed by atoms with E-state index >= 15 is 0 Å². The van der Waals surface area contributed by atoms with Gasteiger partial charge < -0.3 is 15.4 Å². The third-order valence-electron chi connectivity index (χ3n) is 4.33. The third kappa shape index (κ3) is 4.17. The smallest absolute Gasteiger partial charge is 0.251 e. The molecule has 1 amide bonds. The molecule has 0 aromatic heterocycles. The van der Waals surface area contributed by atoms with Crippen molar-refractivity contribution in [3.63, 3.8) is 0 Å². The summed E-state index contributed by atoms with van der Waals surface area (Å²) in [6.07, 6.45) is 3.40. The van der Waals surface area contributed by atoms with E-state index in [9.17, 15) is 13.2 Å². The topological polar surface area (TPSA) is 89.7 Å². The SMILES string of the molecule is CCCCN(C(=O)[C@@H]1CC[C@H](CN)O1)C1CCS(=O)(=O)C1. The van der Waals surface area contributed by atoms with E-state index in [4.69, 9.17) is 10.5 Å². The van der Waals surface area contributed by atoms with E-state index in [0.717, 1.165) is 19.3 Å². The minimum atomic E-state index is -2.99. The highest BCUT2D eigenvalue weighted by Gasteiger charge is 2.39. The summed E-state index contributed by atoms with van der Waals surface area (Å²) in [5.74, 6) is 0.224. The Labute approximate surface area is 126 Å². The molecule has 6 nitrogen and oxygen atoms in total. The Morgan fingerprint density at radius 3 is 2.62 bits per heavy atom. The lowest BCUT2D eigenvalue weighted by Gasteiger charge is -2.30. The Morgan fingerprint density at radius 1 is 1.33 bits per heavy atom. The van der Waals surface area contributed by atoms with Crippen LogP contribution < -0.4 is 5.73 Å². The van der Waals surface area contributed by atoms with Crippen LogP contribution in [0, 0.1) is 0 Å². The van der Waals surface area contributed by atoms with Gasteiger partial charge in [0, 0.05) is 19.1 Å². The van der Waals surface area contributed by atoms with E-state index in [1.54, 1.807) is 4.90 Å². The molecule has 122 valence electrons. The number of ether oxygens (including phenoxy) is 1. The molecular weight excluding hydrogens is 292 g/mol. The fourth-order valence-electron chi connectivity index (χ4n) is 3.07. The van der Waals surface area contributed by atoms with E-state index in [2.05, 4.69) is 6.92 Å². The van der Waals surface area contributed by atoms with Gasteiger partial charge in [0.25, 0.3) is 5.91 Å². The van der Waals surface area contributed by atoms with Gasteiger partial charge in [0.15, 0.2) is 9.84 Å². The summed E-state index contributed by atoms with van der Waals surface area (Å²) in [5.41, 5.74) is 5.58. The van der Waals surface area contributed by atoms with Crippen LogP contribution in [0.3, 0.4) is 0 Å². The number of rotatable bonds is 6. The molecule has 2 fully saturated rings. The predicted molar refractivity (Wildman–Crippen MR) is 80.6 cm³/mol. The first-order chi connectivity index (χ1) is 9.96. The lowest BCUT2D eigenvalue weighted by Crippen LogP contribution is -2.47. The van der Waals surface area contributed by atoms with Crippen LogP contribution in [0.1, 0.15) is 39.0 Å². The van der Waals surface area contributed by atoms with Crippen molar-refractivity contribution in [3.05, 3.63) is 0 Å². The van der Waals surface area contributed by atoms with Gasteiger partial charge in [-0.05, 0) is 25.7 Å². The summed E-state index contributed by atoms with van der Waals surface area (Å²) >= 11 is 0. The van der Waals surface area contributed by atoms with Crippen molar-refractivity contribution < 1.29 is 17.9 Å². The van der Waals surface area contributed by atoms with E-state index in [0.29, 0.717) is 25.9 Å². The zero-order valence-corrected chi connectivity index (χ0v) is 13.5.